The molecule has 4 bridgehead atoms. The minimum atomic E-state index is -0.483. The van der Waals surface area contributed by atoms with E-state index in [1.165, 1.54) is 26.4 Å². The molecule has 1 aliphatic heterocycles. The van der Waals surface area contributed by atoms with Gasteiger partial charge in [0.1, 0.15) is 11.8 Å². The highest BCUT2D eigenvalue weighted by Crippen LogP contribution is 2.60. The lowest BCUT2D eigenvalue weighted by Gasteiger charge is -2.55. The van der Waals surface area contributed by atoms with Crippen molar-refractivity contribution in [3.63, 3.8) is 0 Å². The maximum atomic E-state index is 13.0. The van der Waals surface area contributed by atoms with Crippen molar-refractivity contribution in [3.05, 3.63) is 0 Å². The van der Waals surface area contributed by atoms with Gasteiger partial charge in [0.25, 0.3) is 0 Å². The first-order chi connectivity index (χ1) is 10.1. The van der Waals surface area contributed by atoms with Crippen molar-refractivity contribution in [1.29, 1.82) is 0 Å². The first kappa shape index (κ1) is 13.3. The van der Waals surface area contributed by atoms with Crippen LogP contribution in [0.2, 0.25) is 0 Å². The summed E-state index contributed by atoms with van der Waals surface area (Å²) in [5.41, 5.74) is 3.16. The summed E-state index contributed by atoms with van der Waals surface area (Å²) >= 11 is 0. The van der Waals surface area contributed by atoms with Crippen molar-refractivity contribution in [1.82, 2.24) is 5.43 Å². The van der Waals surface area contributed by atoms with Gasteiger partial charge in [0.05, 0.1) is 7.11 Å². The molecule has 21 heavy (non-hydrogen) atoms. The molecule has 4 aliphatic carbocycles. The Labute approximate surface area is 124 Å². The van der Waals surface area contributed by atoms with Crippen LogP contribution in [0, 0.1) is 23.2 Å². The van der Waals surface area contributed by atoms with Gasteiger partial charge in [0, 0.05) is 11.8 Å². The zero-order valence-corrected chi connectivity index (χ0v) is 12.4. The number of hydrogen-bond acceptors (Lipinski definition) is 5. The van der Waals surface area contributed by atoms with Crippen molar-refractivity contribution in [3.8, 4) is 0 Å². The molecule has 0 radical (unpaired) electrons. The van der Waals surface area contributed by atoms with Crippen molar-refractivity contribution >= 4 is 17.5 Å². The maximum Gasteiger partial charge on any atom is 0.330 e. The number of carbonyl (C=O) groups is 2. The van der Waals surface area contributed by atoms with Crippen LogP contribution in [0.5, 0.6) is 0 Å². The Bertz CT molecular complexity index is 490. The highest BCUT2D eigenvalue weighted by molar-refractivity contribution is 6.42. The zero-order valence-electron chi connectivity index (χ0n) is 12.4. The Kier molecular flexibility index (Phi) is 2.88. The minimum Gasteiger partial charge on any atom is -0.467 e. The summed E-state index contributed by atoms with van der Waals surface area (Å²) in [6, 6.07) is -0.483. The van der Waals surface area contributed by atoms with Crippen LogP contribution in [0.3, 0.4) is 0 Å². The molecule has 0 saturated heterocycles. The number of hydrazone groups is 1. The monoisotopic (exact) mass is 290 g/mol. The van der Waals surface area contributed by atoms with Crippen LogP contribution in [-0.4, -0.2) is 30.6 Å². The lowest BCUT2D eigenvalue weighted by atomic mass is 9.48. The fraction of sp³-hybridized carbons (Fsp3) is 0.812. The summed E-state index contributed by atoms with van der Waals surface area (Å²) in [6.07, 6.45) is 7.47. The molecule has 0 amide bonds. The van der Waals surface area contributed by atoms with Crippen LogP contribution in [0.15, 0.2) is 5.10 Å². The van der Waals surface area contributed by atoms with E-state index in [9.17, 15) is 9.59 Å². The molecule has 1 heterocycles. The second-order valence-electron chi connectivity index (χ2n) is 7.49. The molecule has 114 valence electrons. The van der Waals surface area contributed by atoms with Gasteiger partial charge in [-0.05, 0) is 56.3 Å². The molecule has 5 aliphatic rings. The molecule has 1 N–H and O–H groups in total. The van der Waals surface area contributed by atoms with E-state index in [0.717, 1.165) is 37.0 Å². The van der Waals surface area contributed by atoms with E-state index >= 15 is 0 Å². The molecular weight excluding hydrogens is 268 g/mol. The van der Waals surface area contributed by atoms with Gasteiger partial charge in [-0.15, -0.1) is 0 Å². The Balaban J connectivity index is 1.52. The molecule has 5 rings (SSSR count). The molecule has 1 unspecified atom stereocenters. The number of carbonyl (C=O) groups excluding carboxylic acids is 2. The topological polar surface area (TPSA) is 67.8 Å². The normalized spacial score (nSPS) is 43.4. The number of nitrogens with zero attached hydrogens (tertiary/aromatic N) is 1. The summed E-state index contributed by atoms with van der Waals surface area (Å²) in [5.74, 6) is 2.09. The third-order valence-electron chi connectivity index (χ3n) is 6.02. The highest BCUT2D eigenvalue weighted by Gasteiger charge is 2.55. The number of hydrogen-bond donors (Lipinski definition) is 1. The Morgan fingerprint density at radius 3 is 2.24 bits per heavy atom. The van der Waals surface area contributed by atoms with Crippen LogP contribution in [0.4, 0.5) is 0 Å². The summed E-state index contributed by atoms with van der Waals surface area (Å²) in [4.78, 5) is 24.6. The van der Waals surface area contributed by atoms with Gasteiger partial charge in [0.2, 0.25) is 0 Å². The van der Waals surface area contributed by atoms with Crippen LogP contribution < -0.4 is 5.43 Å². The van der Waals surface area contributed by atoms with Crippen molar-refractivity contribution in [2.45, 2.75) is 51.0 Å². The predicted octanol–water partition coefficient (Wildman–Crippen LogP) is 1.66. The molecule has 4 fully saturated rings. The van der Waals surface area contributed by atoms with E-state index < -0.39 is 6.04 Å². The summed E-state index contributed by atoms with van der Waals surface area (Å²) in [6.45, 7) is 0. The van der Waals surface area contributed by atoms with Crippen molar-refractivity contribution in [2.75, 3.05) is 7.11 Å². The number of rotatable bonds is 3. The van der Waals surface area contributed by atoms with E-state index in [-0.39, 0.29) is 17.2 Å². The third-order valence-corrected chi connectivity index (χ3v) is 6.02. The van der Waals surface area contributed by atoms with Gasteiger partial charge in [-0.3, -0.25) is 10.2 Å². The quantitative estimate of drug-likeness (QED) is 0.803. The van der Waals surface area contributed by atoms with Crippen LogP contribution in [0.1, 0.15) is 44.9 Å². The van der Waals surface area contributed by atoms with Gasteiger partial charge in [-0.25, -0.2) is 4.79 Å². The Morgan fingerprint density at radius 2 is 1.71 bits per heavy atom. The van der Waals surface area contributed by atoms with Gasteiger partial charge in [-0.2, -0.15) is 5.10 Å². The maximum absolute atomic E-state index is 13.0. The van der Waals surface area contributed by atoms with Gasteiger partial charge in [-0.1, -0.05) is 0 Å². The average molecular weight is 290 g/mol. The lowest BCUT2D eigenvalue weighted by Crippen LogP contribution is -2.51. The molecule has 5 nitrogen and oxygen atoms in total. The first-order valence-corrected chi connectivity index (χ1v) is 8.04. The molecule has 0 aromatic heterocycles. The van der Waals surface area contributed by atoms with Crippen molar-refractivity contribution < 1.29 is 14.3 Å². The molecule has 0 aromatic carbocycles. The smallest absolute Gasteiger partial charge is 0.330 e. The number of nitrogens with one attached hydrogen (secondary N) is 1. The van der Waals surface area contributed by atoms with E-state index in [1.54, 1.807) is 0 Å². The molecule has 0 spiro atoms. The second-order valence-corrected chi connectivity index (χ2v) is 7.49. The molecular formula is C16H22N2O3. The van der Waals surface area contributed by atoms with E-state index in [0.29, 0.717) is 12.1 Å². The van der Waals surface area contributed by atoms with Crippen molar-refractivity contribution in [2.24, 2.45) is 28.3 Å². The summed E-state index contributed by atoms with van der Waals surface area (Å²) in [7, 11) is 1.36. The molecule has 5 heteroatoms. The van der Waals surface area contributed by atoms with E-state index in [4.69, 9.17) is 4.74 Å². The Hall–Kier alpha value is -1.39. The summed E-state index contributed by atoms with van der Waals surface area (Å²) in [5, 5.41) is 4.16. The number of ketones is 1. The highest BCUT2D eigenvalue weighted by atomic mass is 16.5. The lowest BCUT2D eigenvalue weighted by molar-refractivity contribution is -0.142. The number of ether oxygens (including phenoxy) is 1. The molecule has 0 aromatic rings. The minimum absolute atomic E-state index is 0.166. The van der Waals surface area contributed by atoms with E-state index in [2.05, 4.69) is 10.5 Å². The fourth-order valence-electron chi connectivity index (χ4n) is 5.56. The second kappa shape index (κ2) is 4.55. The van der Waals surface area contributed by atoms with Crippen LogP contribution in [-0.2, 0) is 14.3 Å². The molecule has 1 atom stereocenters. The number of Topliss-reactive ketones (excluding diaryl/α,β-unsaturated/α-hetero) is 1. The van der Waals surface area contributed by atoms with Crippen LogP contribution in [0.25, 0.3) is 0 Å². The number of methoxy groups -OCH3 is 1. The zero-order chi connectivity index (χ0) is 14.6. The summed E-state index contributed by atoms with van der Waals surface area (Å²) < 4.78 is 4.73. The van der Waals surface area contributed by atoms with Crippen LogP contribution >= 0.6 is 0 Å². The van der Waals surface area contributed by atoms with Gasteiger partial charge < -0.3 is 4.74 Å². The third kappa shape index (κ3) is 2.00. The average Bonchev–Trinajstić information content (AvgIpc) is 2.93. The van der Waals surface area contributed by atoms with E-state index in [1.807, 2.05) is 0 Å². The number of esters is 1. The standard InChI is InChI=1S/C16H22N2O3/c1-21-15(20)13-5-12(17-18-13)14(19)16-6-9-2-10(7-16)4-11(3-9)8-16/h9-11,13,18H,2-8H2,1H3. The Morgan fingerprint density at radius 1 is 1.14 bits per heavy atom. The van der Waals surface area contributed by atoms with Gasteiger partial charge in [0.15, 0.2) is 5.78 Å². The first-order valence-electron chi connectivity index (χ1n) is 8.04. The fourth-order valence-corrected chi connectivity index (χ4v) is 5.56. The molecule has 4 saturated carbocycles. The SMILES string of the molecule is COC(=O)C1CC(C(=O)C23CC4CC(CC(C4)C2)C3)=NN1. The van der Waals surface area contributed by atoms with Gasteiger partial charge >= 0.3 is 5.97 Å². The largest absolute Gasteiger partial charge is 0.467 e. The predicted molar refractivity (Wildman–Crippen MR) is 76.6 cm³/mol.